The van der Waals surface area contributed by atoms with Gasteiger partial charge in [0.05, 0.1) is 0 Å². The molecule has 78 valence electrons. The lowest BCUT2D eigenvalue weighted by molar-refractivity contribution is -0.148. The third-order valence-corrected chi connectivity index (χ3v) is 2.45. The molecule has 0 aromatic heterocycles. The Kier molecular flexibility index (Phi) is 2.82. The van der Waals surface area contributed by atoms with Gasteiger partial charge in [-0.1, -0.05) is 11.6 Å². The molecular weight excluding hydrogens is 208 g/mol. The molecule has 1 amide bonds. The molecule has 1 saturated heterocycles. The van der Waals surface area contributed by atoms with Crippen LogP contribution >= 0.6 is 11.6 Å². The molecule has 0 aliphatic carbocycles. The van der Waals surface area contributed by atoms with E-state index in [1.54, 1.807) is 13.8 Å². The number of hydrogen-bond donors (Lipinski definition) is 2. The number of carbonyl (C=O) groups is 2. The lowest BCUT2D eigenvalue weighted by Crippen LogP contribution is -2.66. The summed E-state index contributed by atoms with van der Waals surface area (Å²) < 4.78 is 0. The Labute approximate surface area is 86.1 Å². The van der Waals surface area contributed by atoms with Crippen molar-refractivity contribution in [1.29, 1.82) is 0 Å². The van der Waals surface area contributed by atoms with Crippen molar-refractivity contribution in [2.24, 2.45) is 5.73 Å². The number of nitrogens with two attached hydrogens (primary N) is 1. The van der Waals surface area contributed by atoms with Gasteiger partial charge in [0.2, 0.25) is 5.91 Å². The number of hydrogen-bond acceptors (Lipinski definition) is 3. The molecule has 14 heavy (non-hydrogen) atoms. The summed E-state index contributed by atoms with van der Waals surface area (Å²) in [5, 5.41) is 8.85. The van der Waals surface area contributed by atoms with Gasteiger partial charge in [0.25, 0.3) is 0 Å². The van der Waals surface area contributed by atoms with Crippen molar-refractivity contribution in [3.63, 3.8) is 0 Å². The number of nitrogens with zero attached hydrogens (tertiary/aromatic N) is 1. The predicted octanol–water partition coefficient (Wildman–Crippen LogP) is 0.0993. The number of rotatable bonds is 2. The van der Waals surface area contributed by atoms with Crippen molar-refractivity contribution in [1.82, 2.24) is 4.90 Å². The third-order valence-electron chi connectivity index (χ3n) is 1.98. The number of β-lactam (4-membered cyclic amide) rings is 1. The van der Waals surface area contributed by atoms with Gasteiger partial charge < -0.3 is 10.8 Å². The predicted molar refractivity (Wildman–Crippen MR) is 50.5 cm³/mol. The van der Waals surface area contributed by atoms with Crippen LogP contribution in [-0.2, 0) is 9.59 Å². The number of carbonyl (C=O) groups excluding carboxylic acids is 1. The van der Waals surface area contributed by atoms with Crippen LogP contribution in [0.15, 0.2) is 11.3 Å². The SMILES string of the molecule is CC(C)=C(C(=O)O)N1C(=O)C(N)C1Cl. The number of allylic oxidation sites excluding steroid dienone is 1. The second kappa shape index (κ2) is 3.59. The average molecular weight is 219 g/mol. The lowest BCUT2D eigenvalue weighted by Gasteiger charge is -2.41. The summed E-state index contributed by atoms with van der Waals surface area (Å²) in [5.41, 5.74) is 5.03. The first-order valence-electron chi connectivity index (χ1n) is 4.01. The van der Waals surface area contributed by atoms with Crippen LogP contribution in [0.2, 0.25) is 0 Å². The number of likely N-dealkylation sites (tertiary alicyclic amines) is 1. The fourth-order valence-electron chi connectivity index (χ4n) is 1.27. The van der Waals surface area contributed by atoms with Crippen LogP contribution in [0.25, 0.3) is 0 Å². The monoisotopic (exact) mass is 218 g/mol. The zero-order valence-corrected chi connectivity index (χ0v) is 8.58. The standard InChI is InChI=1S/C8H11ClN2O3/c1-3(2)5(8(13)14)11-6(9)4(10)7(11)12/h4,6H,10H2,1-2H3,(H,13,14). The number of carboxylic acids is 1. The summed E-state index contributed by atoms with van der Waals surface area (Å²) in [7, 11) is 0. The zero-order chi connectivity index (χ0) is 11.0. The van der Waals surface area contributed by atoms with E-state index in [2.05, 4.69) is 0 Å². The topological polar surface area (TPSA) is 83.6 Å². The van der Waals surface area contributed by atoms with Gasteiger partial charge in [0.15, 0.2) is 0 Å². The summed E-state index contributed by atoms with van der Waals surface area (Å²) >= 11 is 5.73. The molecule has 1 rings (SSSR count). The lowest BCUT2D eigenvalue weighted by atomic mass is 10.1. The maximum Gasteiger partial charge on any atom is 0.352 e. The maximum atomic E-state index is 11.2. The quantitative estimate of drug-likeness (QED) is 0.298. The van der Waals surface area contributed by atoms with E-state index in [0.717, 1.165) is 4.90 Å². The van der Waals surface area contributed by atoms with Crippen LogP contribution in [-0.4, -0.2) is 33.4 Å². The fourth-order valence-corrected chi connectivity index (χ4v) is 1.57. The second-order valence-corrected chi connectivity index (χ2v) is 3.71. The largest absolute Gasteiger partial charge is 0.477 e. The summed E-state index contributed by atoms with van der Waals surface area (Å²) in [5.74, 6) is -1.63. The Hall–Kier alpha value is -1.07. The molecule has 0 aromatic rings. The van der Waals surface area contributed by atoms with Crippen molar-refractivity contribution in [2.45, 2.75) is 25.4 Å². The highest BCUT2D eigenvalue weighted by Crippen LogP contribution is 2.28. The van der Waals surface area contributed by atoms with Gasteiger partial charge in [-0.15, -0.1) is 0 Å². The molecule has 2 unspecified atom stereocenters. The molecule has 0 bridgehead atoms. The highest BCUT2D eigenvalue weighted by Gasteiger charge is 2.47. The van der Waals surface area contributed by atoms with Gasteiger partial charge in [0, 0.05) is 0 Å². The summed E-state index contributed by atoms with van der Waals surface area (Å²) in [4.78, 5) is 23.1. The molecule has 3 N–H and O–H groups in total. The van der Waals surface area contributed by atoms with E-state index in [1.165, 1.54) is 0 Å². The van der Waals surface area contributed by atoms with E-state index in [-0.39, 0.29) is 5.70 Å². The number of halogens is 1. The molecule has 0 aromatic carbocycles. The average Bonchev–Trinajstić information content (AvgIpc) is 2.10. The Balaban J connectivity index is 3.00. The van der Waals surface area contributed by atoms with Gasteiger partial charge >= 0.3 is 5.97 Å². The van der Waals surface area contributed by atoms with Crippen molar-refractivity contribution in [2.75, 3.05) is 0 Å². The Morgan fingerprint density at radius 3 is 2.36 bits per heavy atom. The highest BCUT2D eigenvalue weighted by atomic mass is 35.5. The summed E-state index contributed by atoms with van der Waals surface area (Å²) in [6.07, 6.45) is 0. The number of aliphatic carboxylic acids is 1. The van der Waals surface area contributed by atoms with Crippen LogP contribution < -0.4 is 5.73 Å². The zero-order valence-electron chi connectivity index (χ0n) is 7.82. The minimum atomic E-state index is -1.17. The van der Waals surface area contributed by atoms with Gasteiger partial charge in [-0.3, -0.25) is 9.69 Å². The fraction of sp³-hybridized carbons (Fsp3) is 0.500. The van der Waals surface area contributed by atoms with Crippen molar-refractivity contribution in [3.8, 4) is 0 Å². The molecule has 1 aliphatic rings. The van der Waals surface area contributed by atoms with Crippen LogP contribution in [0.4, 0.5) is 0 Å². The molecule has 1 fully saturated rings. The number of alkyl halides is 1. The summed E-state index contributed by atoms with van der Waals surface area (Å²) in [6.45, 7) is 3.20. The Morgan fingerprint density at radius 2 is 2.07 bits per heavy atom. The van der Waals surface area contributed by atoms with Gasteiger partial charge in [-0.2, -0.15) is 0 Å². The Morgan fingerprint density at radius 1 is 1.57 bits per heavy atom. The minimum Gasteiger partial charge on any atom is -0.477 e. The molecule has 0 saturated carbocycles. The summed E-state index contributed by atoms with van der Waals surface area (Å²) in [6, 6.07) is -0.801. The molecule has 0 radical (unpaired) electrons. The smallest absolute Gasteiger partial charge is 0.352 e. The van der Waals surface area contributed by atoms with Crippen LogP contribution in [0.5, 0.6) is 0 Å². The van der Waals surface area contributed by atoms with E-state index < -0.39 is 23.4 Å². The number of amides is 1. The van der Waals surface area contributed by atoms with Crippen LogP contribution in [0.1, 0.15) is 13.8 Å². The van der Waals surface area contributed by atoms with Gasteiger partial charge in [0.1, 0.15) is 17.2 Å². The second-order valence-electron chi connectivity index (χ2n) is 3.26. The van der Waals surface area contributed by atoms with Crippen LogP contribution in [0.3, 0.4) is 0 Å². The highest BCUT2D eigenvalue weighted by molar-refractivity contribution is 6.27. The first kappa shape index (κ1) is 11.0. The molecular formula is C8H11ClN2O3. The number of carboxylic acid groups (broad SMARTS) is 1. The first-order chi connectivity index (χ1) is 6.37. The first-order valence-corrected chi connectivity index (χ1v) is 4.45. The molecule has 0 spiro atoms. The van der Waals surface area contributed by atoms with E-state index >= 15 is 0 Å². The van der Waals surface area contributed by atoms with E-state index in [1.807, 2.05) is 0 Å². The molecule has 1 heterocycles. The van der Waals surface area contributed by atoms with Crippen molar-refractivity contribution < 1.29 is 14.7 Å². The van der Waals surface area contributed by atoms with E-state index in [4.69, 9.17) is 22.4 Å². The van der Waals surface area contributed by atoms with Gasteiger partial charge in [-0.05, 0) is 19.4 Å². The van der Waals surface area contributed by atoms with Crippen molar-refractivity contribution in [3.05, 3.63) is 11.3 Å². The third kappa shape index (κ3) is 1.49. The Bertz CT molecular complexity index is 323. The minimum absolute atomic E-state index is 0.0864. The van der Waals surface area contributed by atoms with Gasteiger partial charge in [-0.25, -0.2) is 4.79 Å². The maximum absolute atomic E-state index is 11.2. The normalized spacial score (nSPS) is 25.7. The molecule has 1 aliphatic heterocycles. The van der Waals surface area contributed by atoms with Crippen molar-refractivity contribution >= 4 is 23.5 Å². The molecule has 5 nitrogen and oxygen atoms in total. The van der Waals surface area contributed by atoms with E-state index in [0.29, 0.717) is 5.57 Å². The molecule has 6 heteroatoms. The van der Waals surface area contributed by atoms with Crippen LogP contribution in [0, 0.1) is 0 Å². The molecule has 2 atom stereocenters. The van der Waals surface area contributed by atoms with E-state index in [9.17, 15) is 9.59 Å².